The molecule has 0 aromatic heterocycles. The first-order valence-corrected chi connectivity index (χ1v) is 7.24. The standard InChI is InChI=1S/C16H24N2O3/c1-16(2,3)21-15(19)18-10-9-17-14(11-18)12-5-7-13(20-4)8-6-12/h5-8,14,17H,9-11H2,1-4H3/t14-/m0/s1. The maximum atomic E-state index is 12.1. The molecule has 2 rings (SSSR count). The van der Waals surface area contributed by atoms with Gasteiger partial charge in [-0.3, -0.25) is 0 Å². The van der Waals surface area contributed by atoms with Gasteiger partial charge in [-0.15, -0.1) is 0 Å². The summed E-state index contributed by atoms with van der Waals surface area (Å²) >= 11 is 0. The summed E-state index contributed by atoms with van der Waals surface area (Å²) in [6, 6.07) is 8.04. The van der Waals surface area contributed by atoms with E-state index < -0.39 is 5.60 Å². The van der Waals surface area contributed by atoms with Crippen molar-refractivity contribution in [1.29, 1.82) is 0 Å². The van der Waals surface area contributed by atoms with Gasteiger partial charge in [0.15, 0.2) is 0 Å². The van der Waals surface area contributed by atoms with Gasteiger partial charge in [0.05, 0.1) is 13.2 Å². The highest BCUT2D eigenvalue weighted by Crippen LogP contribution is 2.21. The first-order chi connectivity index (χ1) is 9.89. The largest absolute Gasteiger partial charge is 0.497 e. The molecule has 0 radical (unpaired) electrons. The normalized spacial score (nSPS) is 19.2. The van der Waals surface area contributed by atoms with Crippen LogP contribution < -0.4 is 10.1 Å². The van der Waals surface area contributed by atoms with Crippen molar-refractivity contribution in [3.05, 3.63) is 29.8 Å². The minimum Gasteiger partial charge on any atom is -0.497 e. The van der Waals surface area contributed by atoms with Crippen molar-refractivity contribution < 1.29 is 14.3 Å². The fourth-order valence-corrected chi connectivity index (χ4v) is 2.30. The number of piperazine rings is 1. The lowest BCUT2D eigenvalue weighted by Crippen LogP contribution is -2.49. The highest BCUT2D eigenvalue weighted by Gasteiger charge is 2.27. The lowest BCUT2D eigenvalue weighted by molar-refractivity contribution is 0.0195. The molecule has 1 aliphatic rings. The Labute approximate surface area is 126 Å². The summed E-state index contributed by atoms with van der Waals surface area (Å²) < 4.78 is 10.6. The van der Waals surface area contributed by atoms with Gasteiger partial charge >= 0.3 is 6.09 Å². The van der Waals surface area contributed by atoms with Crippen molar-refractivity contribution in [2.24, 2.45) is 0 Å². The number of methoxy groups -OCH3 is 1. The molecule has 5 heteroatoms. The number of nitrogens with zero attached hydrogens (tertiary/aromatic N) is 1. The molecule has 1 heterocycles. The summed E-state index contributed by atoms with van der Waals surface area (Å²) in [6.07, 6.45) is -0.248. The first-order valence-electron chi connectivity index (χ1n) is 7.24. The van der Waals surface area contributed by atoms with E-state index in [1.807, 2.05) is 45.0 Å². The average Bonchev–Trinajstić information content (AvgIpc) is 2.46. The SMILES string of the molecule is COc1ccc([C@@H]2CN(C(=O)OC(C)(C)C)CCN2)cc1. The van der Waals surface area contributed by atoms with Crippen molar-refractivity contribution in [2.45, 2.75) is 32.4 Å². The van der Waals surface area contributed by atoms with Crippen LogP contribution in [0, 0.1) is 0 Å². The Morgan fingerprint density at radius 1 is 1.29 bits per heavy atom. The number of benzene rings is 1. The van der Waals surface area contributed by atoms with Gasteiger partial charge in [-0.2, -0.15) is 0 Å². The zero-order chi connectivity index (χ0) is 15.5. The van der Waals surface area contributed by atoms with Gasteiger partial charge in [0.25, 0.3) is 0 Å². The molecule has 1 aromatic rings. The predicted molar refractivity (Wildman–Crippen MR) is 81.5 cm³/mol. The van der Waals surface area contributed by atoms with Crippen LogP contribution in [-0.2, 0) is 4.74 Å². The van der Waals surface area contributed by atoms with Crippen LogP contribution in [0.2, 0.25) is 0 Å². The van der Waals surface area contributed by atoms with E-state index in [9.17, 15) is 4.79 Å². The number of rotatable bonds is 2. The highest BCUT2D eigenvalue weighted by molar-refractivity contribution is 5.68. The van der Waals surface area contributed by atoms with Crippen molar-refractivity contribution in [3.63, 3.8) is 0 Å². The second kappa shape index (κ2) is 6.35. The fourth-order valence-electron chi connectivity index (χ4n) is 2.30. The Morgan fingerprint density at radius 2 is 1.95 bits per heavy atom. The number of amides is 1. The Balaban J connectivity index is 2.01. The predicted octanol–water partition coefficient (Wildman–Crippen LogP) is 2.58. The summed E-state index contributed by atoms with van der Waals surface area (Å²) in [4.78, 5) is 13.9. The van der Waals surface area contributed by atoms with Crippen molar-refractivity contribution in [3.8, 4) is 5.75 Å². The van der Waals surface area contributed by atoms with Gasteiger partial charge in [-0.25, -0.2) is 4.79 Å². The second-order valence-corrected chi connectivity index (χ2v) is 6.21. The maximum Gasteiger partial charge on any atom is 0.410 e. The van der Waals surface area contributed by atoms with Crippen molar-refractivity contribution in [1.82, 2.24) is 10.2 Å². The molecule has 116 valence electrons. The molecule has 1 fully saturated rings. The second-order valence-electron chi connectivity index (χ2n) is 6.21. The zero-order valence-electron chi connectivity index (χ0n) is 13.2. The fraction of sp³-hybridized carbons (Fsp3) is 0.562. The third-order valence-electron chi connectivity index (χ3n) is 3.35. The molecule has 1 atom stereocenters. The summed E-state index contributed by atoms with van der Waals surface area (Å²) in [5.74, 6) is 0.832. The molecular weight excluding hydrogens is 268 g/mol. The van der Waals surface area contributed by atoms with Gasteiger partial charge in [0.1, 0.15) is 11.4 Å². The van der Waals surface area contributed by atoms with Crippen molar-refractivity contribution >= 4 is 6.09 Å². The molecule has 0 bridgehead atoms. The molecular formula is C16H24N2O3. The lowest BCUT2D eigenvalue weighted by atomic mass is 10.0. The van der Waals surface area contributed by atoms with E-state index in [2.05, 4.69) is 5.32 Å². The number of ether oxygens (including phenoxy) is 2. The maximum absolute atomic E-state index is 12.1. The Morgan fingerprint density at radius 3 is 2.52 bits per heavy atom. The van der Waals surface area contributed by atoms with E-state index in [0.29, 0.717) is 13.1 Å². The third-order valence-corrected chi connectivity index (χ3v) is 3.35. The lowest BCUT2D eigenvalue weighted by Gasteiger charge is -2.35. The van der Waals surface area contributed by atoms with E-state index in [1.165, 1.54) is 0 Å². The number of nitrogens with one attached hydrogen (secondary N) is 1. The number of carbonyl (C=O) groups is 1. The molecule has 21 heavy (non-hydrogen) atoms. The average molecular weight is 292 g/mol. The van der Waals surface area contributed by atoms with Gasteiger partial charge in [0, 0.05) is 19.6 Å². The molecule has 1 saturated heterocycles. The molecule has 5 nitrogen and oxygen atoms in total. The van der Waals surface area contributed by atoms with Crippen LogP contribution in [0.1, 0.15) is 32.4 Å². The molecule has 0 aliphatic carbocycles. The molecule has 1 N–H and O–H groups in total. The Hall–Kier alpha value is -1.75. The summed E-state index contributed by atoms with van der Waals surface area (Å²) in [5, 5.41) is 3.43. The third kappa shape index (κ3) is 4.36. The monoisotopic (exact) mass is 292 g/mol. The molecule has 0 saturated carbocycles. The summed E-state index contributed by atoms with van der Waals surface area (Å²) in [6.45, 7) is 7.69. The number of hydrogen-bond donors (Lipinski definition) is 1. The van der Waals surface area contributed by atoms with Gasteiger partial charge < -0.3 is 19.7 Å². The smallest absolute Gasteiger partial charge is 0.410 e. The highest BCUT2D eigenvalue weighted by atomic mass is 16.6. The Kier molecular flexibility index (Phi) is 4.73. The van der Waals surface area contributed by atoms with E-state index in [-0.39, 0.29) is 12.1 Å². The van der Waals surface area contributed by atoms with E-state index in [1.54, 1.807) is 12.0 Å². The van der Waals surface area contributed by atoms with E-state index in [0.717, 1.165) is 17.9 Å². The zero-order valence-corrected chi connectivity index (χ0v) is 13.2. The Bertz CT molecular complexity index is 479. The summed E-state index contributed by atoms with van der Waals surface area (Å²) in [5.41, 5.74) is 0.682. The summed E-state index contributed by atoms with van der Waals surface area (Å²) in [7, 11) is 1.65. The van der Waals surface area contributed by atoms with Gasteiger partial charge in [-0.05, 0) is 38.5 Å². The van der Waals surface area contributed by atoms with Crippen LogP contribution >= 0.6 is 0 Å². The van der Waals surface area contributed by atoms with Crippen LogP contribution in [0.5, 0.6) is 5.75 Å². The molecule has 1 aromatic carbocycles. The number of hydrogen-bond acceptors (Lipinski definition) is 4. The van der Waals surface area contributed by atoms with Crippen LogP contribution in [0.25, 0.3) is 0 Å². The first kappa shape index (κ1) is 15.6. The number of carbonyl (C=O) groups excluding carboxylic acids is 1. The van der Waals surface area contributed by atoms with E-state index in [4.69, 9.17) is 9.47 Å². The molecule has 1 aliphatic heterocycles. The van der Waals surface area contributed by atoms with Gasteiger partial charge in [-0.1, -0.05) is 12.1 Å². The minimum absolute atomic E-state index is 0.122. The molecule has 0 unspecified atom stereocenters. The van der Waals surface area contributed by atoms with Crippen LogP contribution in [0.4, 0.5) is 4.79 Å². The van der Waals surface area contributed by atoms with Crippen LogP contribution in [-0.4, -0.2) is 43.3 Å². The molecule has 0 spiro atoms. The van der Waals surface area contributed by atoms with Gasteiger partial charge in [0.2, 0.25) is 0 Å². The molecule has 1 amide bonds. The van der Waals surface area contributed by atoms with Crippen molar-refractivity contribution in [2.75, 3.05) is 26.7 Å². The topological polar surface area (TPSA) is 50.8 Å². The quantitative estimate of drug-likeness (QED) is 0.910. The minimum atomic E-state index is -0.461. The van der Waals surface area contributed by atoms with Crippen LogP contribution in [0.3, 0.4) is 0 Å². The van der Waals surface area contributed by atoms with E-state index >= 15 is 0 Å². The van der Waals surface area contributed by atoms with Crippen LogP contribution in [0.15, 0.2) is 24.3 Å².